The van der Waals surface area contributed by atoms with E-state index in [2.05, 4.69) is 25.4 Å². The number of hydrogen-bond acceptors (Lipinski definition) is 4. The zero-order valence-corrected chi connectivity index (χ0v) is 9.30. The average Bonchev–Trinajstić information content (AvgIpc) is 2.04. The Morgan fingerprint density at radius 1 is 1.23 bits per heavy atom. The quantitative estimate of drug-likeness (QED) is 0.250. The molecule has 74 valence electrons. The van der Waals surface area contributed by atoms with E-state index in [1.807, 2.05) is 0 Å². The highest BCUT2D eigenvalue weighted by Gasteiger charge is 2.21. The summed E-state index contributed by atoms with van der Waals surface area (Å²) >= 11 is 2.92. The first-order chi connectivity index (χ1) is 6.04. The molecule has 0 aliphatic rings. The first-order valence-corrected chi connectivity index (χ1v) is 4.65. The summed E-state index contributed by atoms with van der Waals surface area (Å²) in [5, 5.41) is 0. The van der Waals surface area contributed by atoms with E-state index >= 15 is 0 Å². The Bertz CT molecular complexity index is 241. The van der Waals surface area contributed by atoms with Crippen LogP contribution in [0, 0.1) is 0 Å². The number of carbonyl (C=O) groups excluding carboxylic acids is 2. The third-order valence-corrected chi connectivity index (χ3v) is 1.51. The minimum atomic E-state index is -0.677. The van der Waals surface area contributed by atoms with Crippen LogP contribution in [0.1, 0.15) is 13.8 Å². The zero-order chi connectivity index (χ0) is 10.4. The number of alkyl halides is 1. The van der Waals surface area contributed by atoms with Crippen molar-refractivity contribution in [1.29, 1.82) is 0 Å². The highest BCUT2D eigenvalue weighted by molar-refractivity contribution is 9.09. The maximum Gasteiger partial charge on any atom is 0.346 e. The monoisotopic (exact) mass is 250 g/mol. The van der Waals surface area contributed by atoms with Gasteiger partial charge in [-0.2, -0.15) is 0 Å². The molecule has 0 spiro atoms. The minimum absolute atomic E-state index is 0.0537. The van der Waals surface area contributed by atoms with Gasteiger partial charge in [-0.1, -0.05) is 5.57 Å². The molecule has 13 heavy (non-hydrogen) atoms. The lowest BCUT2D eigenvalue weighted by molar-refractivity contribution is -0.144. The van der Waals surface area contributed by atoms with Crippen molar-refractivity contribution in [3.05, 3.63) is 11.1 Å². The Balaban J connectivity index is 4.75. The average molecular weight is 251 g/mol. The van der Waals surface area contributed by atoms with Crippen molar-refractivity contribution in [1.82, 2.24) is 0 Å². The molecule has 4 nitrogen and oxygen atoms in total. The highest BCUT2D eigenvalue weighted by Crippen LogP contribution is 2.08. The second-order valence-electron chi connectivity index (χ2n) is 2.41. The number of ether oxygens (including phenoxy) is 2. The van der Waals surface area contributed by atoms with Gasteiger partial charge in [-0.25, -0.2) is 9.59 Å². The van der Waals surface area contributed by atoms with Gasteiger partial charge in [0.05, 0.1) is 7.11 Å². The predicted molar refractivity (Wildman–Crippen MR) is 50.3 cm³/mol. The number of esters is 2. The number of allylic oxidation sites excluding steroid dienone is 1. The molecule has 0 aromatic carbocycles. The van der Waals surface area contributed by atoms with Gasteiger partial charge in [-0.05, 0) is 29.8 Å². The molecule has 0 saturated carbocycles. The first kappa shape index (κ1) is 12.2. The van der Waals surface area contributed by atoms with E-state index in [-0.39, 0.29) is 11.1 Å². The summed E-state index contributed by atoms with van der Waals surface area (Å²) in [5.41, 5.74) is 0.569. The summed E-state index contributed by atoms with van der Waals surface area (Å²) in [6.45, 7) is 3.28. The zero-order valence-electron chi connectivity index (χ0n) is 7.72. The minimum Gasteiger partial charge on any atom is -0.465 e. The fourth-order valence-electron chi connectivity index (χ4n) is 0.715. The maximum absolute atomic E-state index is 11.2. The van der Waals surface area contributed by atoms with Crippen LogP contribution < -0.4 is 0 Å². The van der Waals surface area contributed by atoms with Gasteiger partial charge in [0.2, 0.25) is 0 Å². The van der Waals surface area contributed by atoms with Gasteiger partial charge in [0.1, 0.15) is 11.1 Å². The first-order valence-electron chi connectivity index (χ1n) is 3.53. The summed E-state index contributed by atoms with van der Waals surface area (Å²) < 4.78 is 9.04. The van der Waals surface area contributed by atoms with Crippen LogP contribution in [0.15, 0.2) is 11.1 Å². The molecule has 0 N–H and O–H groups in total. The van der Waals surface area contributed by atoms with Crippen molar-refractivity contribution in [3.8, 4) is 0 Å². The van der Waals surface area contributed by atoms with Gasteiger partial charge >= 0.3 is 11.9 Å². The SMILES string of the molecule is COC(=O)C(C(=O)OCBr)=C(C)C. The van der Waals surface area contributed by atoms with E-state index in [1.54, 1.807) is 13.8 Å². The van der Waals surface area contributed by atoms with Crippen LogP contribution >= 0.6 is 15.9 Å². The van der Waals surface area contributed by atoms with E-state index in [9.17, 15) is 9.59 Å². The Morgan fingerprint density at radius 3 is 2.08 bits per heavy atom. The van der Waals surface area contributed by atoms with Crippen LogP contribution in [0.25, 0.3) is 0 Å². The van der Waals surface area contributed by atoms with Gasteiger partial charge in [-0.3, -0.25) is 0 Å². The molecule has 0 unspecified atom stereocenters. The Hall–Kier alpha value is -0.840. The number of carbonyl (C=O) groups is 2. The van der Waals surface area contributed by atoms with Crippen molar-refractivity contribution in [2.24, 2.45) is 0 Å². The molecule has 0 fully saturated rings. The van der Waals surface area contributed by atoms with Gasteiger partial charge in [0.15, 0.2) is 0 Å². The fraction of sp³-hybridized carbons (Fsp3) is 0.500. The molecule has 5 heteroatoms. The number of hydrogen-bond donors (Lipinski definition) is 0. The summed E-state index contributed by atoms with van der Waals surface area (Å²) in [6, 6.07) is 0. The van der Waals surface area contributed by atoms with Crippen LogP contribution in [-0.2, 0) is 19.1 Å². The molecule has 0 saturated heterocycles. The summed E-state index contributed by atoms with van der Waals surface area (Å²) in [7, 11) is 1.21. The smallest absolute Gasteiger partial charge is 0.346 e. The molecule has 0 radical (unpaired) electrons. The number of rotatable bonds is 3. The Labute approximate surface area is 85.0 Å². The molecule has 0 aromatic heterocycles. The third-order valence-electron chi connectivity index (χ3n) is 1.28. The Morgan fingerprint density at radius 2 is 1.77 bits per heavy atom. The van der Waals surface area contributed by atoms with Crippen LogP contribution in [-0.4, -0.2) is 24.6 Å². The van der Waals surface area contributed by atoms with Crippen LogP contribution in [0.3, 0.4) is 0 Å². The molecule has 0 rings (SSSR count). The van der Waals surface area contributed by atoms with E-state index < -0.39 is 11.9 Å². The van der Waals surface area contributed by atoms with Crippen molar-refractivity contribution < 1.29 is 19.1 Å². The lowest BCUT2D eigenvalue weighted by atomic mass is 10.1. The van der Waals surface area contributed by atoms with Crippen molar-refractivity contribution >= 4 is 27.9 Å². The normalized spacial score (nSPS) is 8.92. The summed E-state index contributed by atoms with van der Waals surface area (Å²) in [4.78, 5) is 22.2. The van der Waals surface area contributed by atoms with E-state index in [4.69, 9.17) is 0 Å². The summed E-state index contributed by atoms with van der Waals surface area (Å²) in [5.74, 6) is -1.35. The summed E-state index contributed by atoms with van der Waals surface area (Å²) in [6.07, 6.45) is 0. The van der Waals surface area contributed by atoms with Gasteiger partial charge in [0, 0.05) is 0 Å². The lowest BCUT2D eigenvalue weighted by Crippen LogP contribution is -2.17. The molecule has 0 heterocycles. The predicted octanol–water partition coefficient (Wildman–Crippen LogP) is 1.39. The van der Waals surface area contributed by atoms with Crippen molar-refractivity contribution in [3.63, 3.8) is 0 Å². The molecule has 0 atom stereocenters. The van der Waals surface area contributed by atoms with Crippen LogP contribution in [0.4, 0.5) is 0 Å². The highest BCUT2D eigenvalue weighted by atomic mass is 79.9. The molecule has 0 bridgehead atoms. The van der Waals surface area contributed by atoms with Crippen LogP contribution in [0.2, 0.25) is 0 Å². The second kappa shape index (κ2) is 5.75. The molecular formula is C8H11BrO4. The fourth-order valence-corrected chi connectivity index (χ4v) is 0.923. The molecule has 0 amide bonds. The Kier molecular flexibility index (Phi) is 5.37. The van der Waals surface area contributed by atoms with Gasteiger partial charge < -0.3 is 9.47 Å². The van der Waals surface area contributed by atoms with E-state index in [0.29, 0.717) is 5.57 Å². The topological polar surface area (TPSA) is 52.6 Å². The standard InChI is InChI=1S/C8H11BrO4/c1-5(2)6(7(10)12-3)8(11)13-4-9/h4H2,1-3H3. The van der Waals surface area contributed by atoms with Crippen molar-refractivity contribution in [2.75, 3.05) is 12.6 Å². The van der Waals surface area contributed by atoms with Gasteiger partial charge in [-0.15, -0.1) is 0 Å². The molecular weight excluding hydrogens is 240 g/mol. The largest absolute Gasteiger partial charge is 0.465 e. The number of halogens is 1. The lowest BCUT2D eigenvalue weighted by Gasteiger charge is -2.05. The molecule has 0 aliphatic carbocycles. The van der Waals surface area contributed by atoms with Crippen molar-refractivity contribution in [2.45, 2.75) is 13.8 Å². The maximum atomic E-state index is 11.2. The second-order valence-corrected chi connectivity index (χ2v) is 2.87. The van der Waals surface area contributed by atoms with Gasteiger partial charge in [0.25, 0.3) is 0 Å². The molecule has 0 aromatic rings. The van der Waals surface area contributed by atoms with Crippen LogP contribution in [0.5, 0.6) is 0 Å². The molecule has 0 aliphatic heterocycles. The van der Waals surface area contributed by atoms with E-state index in [0.717, 1.165) is 0 Å². The third kappa shape index (κ3) is 3.59. The number of methoxy groups -OCH3 is 1. The van der Waals surface area contributed by atoms with E-state index in [1.165, 1.54) is 7.11 Å².